The maximum absolute atomic E-state index is 11.1. The van der Waals surface area contributed by atoms with Crippen molar-refractivity contribution in [3.05, 3.63) is 18.2 Å². The summed E-state index contributed by atoms with van der Waals surface area (Å²) in [5.74, 6) is -0.172. The number of fused-ring (bicyclic) bond motifs is 1. The number of hydrogen-bond donors (Lipinski definition) is 0. The van der Waals surface area contributed by atoms with Gasteiger partial charge in [0.15, 0.2) is 0 Å². The summed E-state index contributed by atoms with van der Waals surface area (Å²) in [5.41, 5.74) is 0. The lowest BCUT2D eigenvalue weighted by Crippen LogP contribution is -2.05. The molecule has 0 aromatic carbocycles. The number of ether oxygens (including phenoxy) is 1. The molecule has 0 radical (unpaired) electrons. The van der Waals surface area contributed by atoms with Gasteiger partial charge in [0.1, 0.15) is 0 Å². The van der Waals surface area contributed by atoms with E-state index < -0.39 is 5.97 Å². The Hall–Kier alpha value is -1.43. The molecule has 0 aliphatic heterocycles. The van der Waals surface area contributed by atoms with Gasteiger partial charge < -0.3 is 4.74 Å². The van der Waals surface area contributed by atoms with Crippen molar-refractivity contribution in [3.8, 4) is 0 Å². The Balaban J connectivity index is 2.61. The van der Waals surface area contributed by atoms with E-state index in [-0.39, 0.29) is 5.82 Å². The fourth-order valence-electron chi connectivity index (χ4n) is 0.873. The molecular formula is C6H5N3O2S. The molecule has 0 aliphatic rings. The molecule has 5 nitrogen and oxygen atoms in total. The van der Waals surface area contributed by atoms with Crippen LogP contribution in [-0.4, -0.2) is 26.8 Å². The third-order valence-corrected chi connectivity index (χ3v) is 2.15. The number of aromatic nitrogens is 3. The van der Waals surface area contributed by atoms with E-state index in [1.165, 1.54) is 18.6 Å². The summed E-state index contributed by atoms with van der Waals surface area (Å²) in [6, 6.07) is 0. The minimum Gasteiger partial charge on any atom is -0.463 e. The first kappa shape index (κ1) is 7.23. The summed E-state index contributed by atoms with van der Waals surface area (Å²) in [6.45, 7) is 0. The largest absolute Gasteiger partial charge is 0.463 e. The Morgan fingerprint density at radius 2 is 2.58 bits per heavy atom. The van der Waals surface area contributed by atoms with Crippen molar-refractivity contribution in [1.29, 1.82) is 0 Å². The van der Waals surface area contributed by atoms with Crippen LogP contribution in [0.15, 0.2) is 12.4 Å². The molecule has 2 heterocycles. The lowest BCUT2D eigenvalue weighted by atomic mass is 10.6. The summed E-state index contributed by atoms with van der Waals surface area (Å²) in [4.78, 5) is 15.7. The van der Waals surface area contributed by atoms with Crippen LogP contribution >= 0.6 is 11.5 Å². The Morgan fingerprint density at radius 3 is 3.33 bits per heavy atom. The van der Waals surface area contributed by atoms with E-state index >= 15 is 0 Å². The van der Waals surface area contributed by atoms with Crippen molar-refractivity contribution in [2.24, 2.45) is 0 Å². The number of rotatable bonds is 1. The molecule has 2 rings (SSSR count). The van der Waals surface area contributed by atoms with E-state index in [2.05, 4.69) is 14.1 Å². The van der Waals surface area contributed by atoms with Crippen molar-refractivity contribution in [2.75, 3.05) is 7.11 Å². The topological polar surface area (TPSA) is 56.5 Å². The smallest absolute Gasteiger partial charge is 0.375 e. The van der Waals surface area contributed by atoms with Gasteiger partial charge in [-0.05, 0) is 0 Å². The Kier molecular flexibility index (Phi) is 1.54. The van der Waals surface area contributed by atoms with Crippen LogP contribution in [0.5, 0.6) is 0 Å². The highest BCUT2D eigenvalue weighted by atomic mass is 32.1. The second-order valence-corrected chi connectivity index (χ2v) is 2.81. The first-order chi connectivity index (χ1) is 5.83. The summed E-state index contributed by atoms with van der Waals surface area (Å²) in [5, 5.41) is 0. The molecule has 12 heavy (non-hydrogen) atoms. The van der Waals surface area contributed by atoms with E-state index in [0.717, 1.165) is 0 Å². The van der Waals surface area contributed by atoms with Gasteiger partial charge in [-0.1, -0.05) is 0 Å². The van der Waals surface area contributed by atoms with Crippen LogP contribution in [0.2, 0.25) is 0 Å². The standard InChI is InChI=1S/C6H5N3O2S/c1-11-5(10)4-8-12-6-7-2-3-9(4)6/h2-3H,1H3. The molecule has 0 amide bonds. The number of methoxy groups -OCH3 is 1. The predicted molar refractivity (Wildman–Crippen MR) is 42.2 cm³/mol. The second-order valence-electron chi connectivity index (χ2n) is 2.08. The molecular weight excluding hydrogens is 178 g/mol. The average molecular weight is 183 g/mol. The monoisotopic (exact) mass is 183 g/mol. The molecule has 62 valence electrons. The van der Waals surface area contributed by atoms with Gasteiger partial charge in [0.05, 0.1) is 7.11 Å². The van der Waals surface area contributed by atoms with Crippen LogP contribution in [0.4, 0.5) is 0 Å². The van der Waals surface area contributed by atoms with Gasteiger partial charge in [0, 0.05) is 23.9 Å². The van der Waals surface area contributed by atoms with Gasteiger partial charge in [-0.15, -0.1) is 0 Å². The molecule has 0 spiro atoms. The van der Waals surface area contributed by atoms with E-state index in [4.69, 9.17) is 0 Å². The van der Waals surface area contributed by atoms with E-state index in [1.807, 2.05) is 0 Å². The first-order valence-electron chi connectivity index (χ1n) is 3.20. The molecule has 0 unspecified atom stereocenters. The Morgan fingerprint density at radius 1 is 1.75 bits per heavy atom. The molecule has 0 N–H and O–H groups in total. The lowest BCUT2D eigenvalue weighted by molar-refractivity contribution is 0.0586. The molecule has 0 saturated carbocycles. The maximum atomic E-state index is 11.1. The van der Waals surface area contributed by atoms with Crippen LogP contribution in [0.25, 0.3) is 4.96 Å². The quantitative estimate of drug-likeness (QED) is 0.607. The summed E-state index contributed by atoms with van der Waals surface area (Å²) < 4.78 is 10.0. The van der Waals surface area contributed by atoms with Crippen molar-refractivity contribution in [3.63, 3.8) is 0 Å². The predicted octanol–water partition coefficient (Wildman–Crippen LogP) is 0.577. The second kappa shape index (κ2) is 2.56. The van der Waals surface area contributed by atoms with Crippen LogP contribution in [0.3, 0.4) is 0 Å². The fraction of sp³-hybridized carbons (Fsp3) is 0.167. The highest BCUT2D eigenvalue weighted by Crippen LogP contribution is 2.10. The Bertz CT molecular complexity index is 419. The molecule has 6 heteroatoms. The maximum Gasteiger partial charge on any atom is 0.375 e. The fourth-order valence-corrected chi connectivity index (χ4v) is 1.55. The molecule has 0 atom stereocenters. The molecule has 0 saturated heterocycles. The zero-order valence-corrected chi connectivity index (χ0v) is 7.04. The molecule has 0 fully saturated rings. The number of hydrogen-bond acceptors (Lipinski definition) is 5. The summed E-state index contributed by atoms with van der Waals surface area (Å²) >= 11 is 1.17. The van der Waals surface area contributed by atoms with Crippen LogP contribution in [0.1, 0.15) is 10.6 Å². The molecule has 0 aliphatic carbocycles. The van der Waals surface area contributed by atoms with Gasteiger partial charge in [-0.3, -0.25) is 4.40 Å². The van der Waals surface area contributed by atoms with Crippen molar-refractivity contribution in [1.82, 2.24) is 13.8 Å². The number of esters is 1. The highest BCUT2D eigenvalue weighted by Gasteiger charge is 2.13. The van der Waals surface area contributed by atoms with Crippen molar-refractivity contribution < 1.29 is 9.53 Å². The van der Waals surface area contributed by atoms with Crippen LogP contribution in [0, 0.1) is 0 Å². The molecule has 2 aromatic heterocycles. The zero-order valence-electron chi connectivity index (χ0n) is 6.22. The SMILES string of the molecule is COC(=O)c1nsc2nccn12. The zero-order chi connectivity index (χ0) is 8.55. The molecule has 0 bridgehead atoms. The van der Waals surface area contributed by atoms with Gasteiger partial charge in [-0.2, -0.15) is 4.37 Å². The summed E-state index contributed by atoms with van der Waals surface area (Å²) in [7, 11) is 1.32. The third-order valence-electron chi connectivity index (χ3n) is 1.42. The lowest BCUT2D eigenvalue weighted by Gasteiger charge is -1.92. The van der Waals surface area contributed by atoms with Gasteiger partial charge in [-0.25, -0.2) is 9.78 Å². The van der Waals surface area contributed by atoms with Crippen LogP contribution in [-0.2, 0) is 4.74 Å². The van der Waals surface area contributed by atoms with Crippen molar-refractivity contribution >= 4 is 22.5 Å². The Labute approximate surface area is 71.8 Å². The van der Waals surface area contributed by atoms with E-state index in [9.17, 15) is 4.79 Å². The average Bonchev–Trinajstić information content (AvgIpc) is 2.62. The molecule has 2 aromatic rings. The van der Waals surface area contributed by atoms with E-state index in [0.29, 0.717) is 4.96 Å². The third kappa shape index (κ3) is 0.884. The highest BCUT2D eigenvalue weighted by molar-refractivity contribution is 7.11. The number of carbonyl (C=O) groups is 1. The number of carbonyl (C=O) groups excluding carboxylic acids is 1. The number of nitrogens with zero attached hydrogens (tertiary/aromatic N) is 3. The van der Waals surface area contributed by atoms with Crippen molar-refractivity contribution in [2.45, 2.75) is 0 Å². The van der Waals surface area contributed by atoms with Gasteiger partial charge in [0.2, 0.25) is 10.8 Å². The summed E-state index contributed by atoms with van der Waals surface area (Å²) in [6.07, 6.45) is 3.28. The minimum atomic E-state index is -0.445. The van der Waals surface area contributed by atoms with Gasteiger partial charge >= 0.3 is 5.97 Å². The number of imidazole rings is 1. The van der Waals surface area contributed by atoms with Crippen LogP contribution < -0.4 is 0 Å². The normalized spacial score (nSPS) is 10.4. The minimum absolute atomic E-state index is 0.273. The first-order valence-corrected chi connectivity index (χ1v) is 3.97. The van der Waals surface area contributed by atoms with E-state index in [1.54, 1.807) is 16.8 Å². The van der Waals surface area contributed by atoms with Gasteiger partial charge in [0.25, 0.3) is 0 Å².